The van der Waals surface area contributed by atoms with Crippen molar-refractivity contribution in [2.24, 2.45) is 11.7 Å². The van der Waals surface area contributed by atoms with Gasteiger partial charge in [-0.15, -0.1) is 0 Å². The normalized spacial score (nSPS) is 15.2. The number of amides is 1. The molecule has 0 saturated heterocycles. The summed E-state index contributed by atoms with van der Waals surface area (Å²) in [5, 5.41) is 3.20. The second-order valence-electron chi connectivity index (χ2n) is 5.54. The molecular weight excluding hydrogens is 216 g/mol. The molecule has 0 aliphatic heterocycles. The van der Waals surface area contributed by atoms with Gasteiger partial charge in [0.1, 0.15) is 0 Å². The third-order valence-electron chi connectivity index (χ3n) is 2.74. The molecule has 0 heterocycles. The van der Waals surface area contributed by atoms with Crippen molar-refractivity contribution in [3.05, 3.63) is 0 Å². The van der Waals surface area contributed by atoms with E-state index in [-0.39, 0.29) is 11.9 Å². The molecule has 0 aromatic heterocycles. The Morgan fingerprint density at radius 3 is 2.29 bits per heavy atom. The number of carbonyl (C=O) groups is 1. The van der Waals surface area contributed by atoms with Crippen LogP contribution in [0.4, 0.5) is 0 Å². The van der Waals surface area contributed by atoms with Gasteiger partial charge in [-0.25, -0.2) is 0 Å². The van der Waals surface area contributed by atoms with Gasteiger partial charge in [0.15, 0.2) is 0 Å². The first-order valence-electron chi connectivity index (χ1n) is 6.43. The Labute approximate surface area is 105 Å². The van der Waals surface area contributed by atoms with E-state index in [9.17, 15) is 4.79 Å². The fourth-order valence-corrected chi connectivity index (χ4v) is 1.60. The Kier molecular flexibility index (Phi) is 7.39. The molecule has 4 heteroatoms. The first-order chi connectivity index (χ1) is 7.78. The van der Waals surface area contributed by atoms with Crippen molar-refractivity contribution in [1.29, 1.82) is 0 Å². The zero-order chi connectivity index (χ0) is 13.5. The molecule has 17 heavy (non-hydrogen) atoms. The van der Waals surface area contributed by atoms with E-state index in [4.69, 9.17) is 10.5 Å². The lowest BCUT2D eigenvalue weighted by Gasteiger charge is -2.29. The maximum Gasteiger partial charge on any atom is 0.237 e. The Hall–Kier alpha value is -0.610. The Bertz CT molecular complexity index is 229. The maximum atomic E-state index is 11.4. The zero-order valence-electron chi connectivity index (χ0n) is 11.9. The Morgan fingerprint density at radius 1 is 1.29 bits per heavy atom. The van der Waals surface area contributed by atoms with Crippen molar-refractivity contribution in [2.75, 3.05) is 13.2 Å². The van der Waals surface area contributed by atoms with Crippen LogP contribution in [-0.2, 0) is 9.53 Å². The highest BCUT2D eigenvalue weighted by molar-refractivity contribution is 5.84. The van der Waals surface area contributed by atoms with Gasteiger partial charge < -0.3 is 15.8 Å². The van der Waals surface area contributed by atoms with Crippen molar-refractivity contribution in [3.63, 3.8) is 0 Å². The van der Waals surface area contributed by atoms with E-state index in [0.29, 0.717) is 18.9 Å². The molecule has 0 aliphatic rings. The van der Waals surface area contributed by atoms with Crippen molar-refractivity contribution in [2.45, 2.75) is 59.0 Å². The highest BCUT2D eigenvalue weighted by Crippen LogP contribution is 2.11. The number of carbonyl (C=O) groups excluding carboxylic acids is 1. The van der Waals surface area contributed by atoms with E-state index < -0.39 is 5.54 Å². The van der Waals surface area contributed by atoms with Gasteiger partial charge in [-0.1, -0.05) is 13.8 Å². The molecule has 0 bridgehead atoms. The van der Waals surface area contributed by atoms with Crippen LogP contribution in [0.1, 0.15) is 47.5 Å². The average molecular weight is 244 g/mol. The van der Waals surface area contributed by atoms with Gasteiger partial charge in [0.25, 0.3) is 0 Å². The summed E-state index contributed by atoms with van der Waals surface area (Å²) in [6.07, 6.45) is 1.66. The molecule has 1 unspecified atom stereocenters. The third kappa shape index (κ3) is 7.34. The number of nitrogens with one attached hydrogen (secondary N) is 1. The first kappa shape index (κ1) is 16.4. The minimum absolute atomic E-state index is 0.225. The van der Waals surface area contributed by atoms with Crippen LogP contribution in [0.3, 0.4) is 0 Å². The minimum Gasteiger partial charge on any atom is -0.381 e. The SMILES string of the molecule is CC(C)CCOCCC(C)(NC(C)C)C(N)=O. The van der Waals surface area contributed by atoms with Crippen LogP contribution in [0.2, 0.25) is 0 Å². The van der Waals surface area contributed by atoms with Crippen LogP contribution < -0.4 is 11.1 Å². The molecule has 3 N–H and O–H groups in total. The van der Waals surface area contributed by atoms with Crippen LogP contribution in [0.15, 0.2) is 0 Å². The number of primary amides is 1. The maximum absolute atomic E-state index is 11.4. The quantitative estimate of drug-likeness (QED) is 0.607. The summed E-state index contributed by atoms with van der Waals surface area (Å²) in [5.74, 6) is 0.324. The molecule has 0 aromatic rings. The summed E-state index contributed by atoms with van der Waals surface area (Å²) >= 11 is 0. The monoisotopic (exact) mass is 244 g/mol. The molecule has 4 nitrogen and oxygen atoms in total. The summed E-state index contributed by atoms with van der Waals surface area (Å²) in [6, 6.07) is 0.225. The molecule has 0 spiro atoms. The topological polar surface area (TPSA) is 64.3 Å². The summed E-state index contributed by atoms with van der Waals surface area (Å²) < 4.78 is 5.52. The smallest absolute Gasteiger partial charge is 0.237 e. The second kappa shape index (κ2) is 7.67. The summed E-state index contributed by atoms with van der Waals surface area (Å²) in [5.41, 5.74) is 4.75. The number of hydrogen-bond donors (Lipinski definition) is 2. The molecule has 0 fully saturated rings. The van der Waals surface area contributed by atoms with Gasteiger partial charge in [0, 0.05) is 19.3 Å². The van der Waals surface area contributed by atoms with Gasteiger partial charge >= 0.3 is 0 Å². The van der Waals surface area contributed by atoms with Crippen molar-refractivity contribution >= 4 is 5.91 Å². The number of rotatable bonds is 9. The molecule has 0 rings (SSSR count). The van der Waals surface area contributed by atoms with Gasteiger partial charge in [-0.2, -0.15) is 0 Å². The predicted octanol–water partition coefficient (Wildman–Crippen LogP) is 1.68. The molecule has 102 valence electrons. The van der Waals surface area contributed by atoms with Gasteiger partial charge in [0.05, 0.1) is 5.54 Å². The molecule has 0 aliphatic carbocycles. The van der Waals surface area contributed by atoms with Crippen molar-refractivity contribution in [3.8, 4) is 0 Å². The van der Waals surface area contributed by atoms with Crippen molar-refractivity contribution in [1.82, 2.24) is 5.32 Å². The van der Waals surface area contributed by atoms with E-state index >= 15 is 0 Å². The van der Waals surface area contributed by atoms with Crippen LogP contribution >= 0.6 is 0 Å². The van der Waals surface area contributed by atoms with Crippen molar-refractivity contribution < 1.29 is 9.53 Å². The number of nitrogens with two attached hydrogens (primary N) is 1. The van der Waals surface area contributed by atoms with E-state index in [2.05, 4.69) is 19.2 Å². The lowest BCUT2D eigenvalue weighted by Crippen LogP contribution is -2.56. The van der Waals surface area contributed by atoms with Crippen LogP contribution in [0, 0.1) is 5.92 Å². The molecule has 0 saturated carbocycles. The standard InChI is InChI=1S/C13H28N2O2/c1-10(2)6-8-17-9-7-13(5,12(14)16)15-11(3)4/h10-11,15H,6-9H2,1-5H3,(H2,14,16). The minimum atomic E-state index is -0.675. The molecule has 0 radical (unpaired) electrons. The van der Waals surface area contributed by atoms with E-state index in [1.807, 2.05) is 20.8 Å². The van der Waals surface area contributed by atoms with Gasteiger partial charge in [0.2, 0.25) is 5.91 Å². The Morgan fingerprint density at radius 2 is 1.88 bits per heavy atom. The first-order valence-corrected chi connectivity index (χ1v) is 6.43. The lowest BCUT2D eigenvalue weighted by molar-refractivity contribution is -0.124. The second-order valence-corrected chi connectivity index (χ2v) is 5.54. The molecule has 1 atom stereocenters. The van der Waals surface area contributed by atoms with Crippen LogP contribution in [0.5, 0.6) is 0 Å². The highest BCUT2D eigenvalue weighted by atomic mass is 16.5. The number of ether oxygens (including phenoxy) is 1. The highest BCUT2D eigenvalue weighted by Gasteiger charge is 2.30. The average Bonchev–Trinajstić information content (AvgIpc) is 2.15. The molecule has 1 amide bonds. The Balaban J connectivity index is 3.97. The predicted molar refractivity (Wildman–Crippen MR) is 70.8 cm³/mol. The fraction of sp³-hybridized carbons (Fsp3) is 0.923. The van der Waals surface area contributed by atoms with E-state index in [0.717, 1.165) is 13.0 Å². The van der Waals surface area contributed by atoms with Gasteiger partial charge in [-0.05, 0) is 39.5 Å². The summed E-state index contributed by atoms with van der Waals surface area (Å²) in [7, 11) is 0. The summed E-state index contributed by atoms with van der Waals surface area (Å²) in [4.78, 5) is 11.4. The largest absolute Gasteiger partial charge is 0.381 e. The fourth-order valence-electron chi connectivity index (χ4n) is 1.60. The zero-order valence-corrected chi connectivity index (χ0v) is 11.9. The molecular formula is C13H28N2O2. The van der Waals surface area contributed by atoms with E-state index in [1.54, 1.807) is 0 Å². The number of hydrogen-bond acceptors (Lipinski definition) is 3. The summed E-state index contributed by atoms with van der Waals surface area (Å²) in [6.45, 7) is 11.5. The van der Waals surface area contributed by atoms with Crippen LogP contribution in [0.25, 0.3) is 0 Å². The third-order valence-corrected chi connectivity index (χ3v) is 2.74. The van der Waals surface area contributed by atoms with Crippen LogP contribution in [-0.4, -0.2) is 30.7 Å². The van der Waals surface area contributed by atoms with E-state index in [1.165, 1.54) is 0 Å². The molecule has 0 aromatic carbocycles. The van der Waals surface area contributed by atoms with Gasteiger partial charge in [-0.3, -0.25) is 4.79 Å². The lowest BCUT2D eigenvalue weighted by atomic mass is 9.96.